The molecule has 0 fully saturated rings. The standard InChI is InChI=1S/C15H15ClN2O2S/c1-10-7-11(2)9-14(8-10)21(20)18(15(17)19)13-5-3-12(16)4-6-13/h3-9H,1-2H3,(H2,17,19). The molecule has 0 radical (unpaired) electrons. The third-order valence-corrected chi connectivity index (χ3v) is 4.44. The molecule has 6 heteroatoms. The summed E-state index contributed by atoms with van der Waals surface area (Å²) in [6.07, 6.45) is 0. The van der Waals surface area contributed by atoms with Gasteiger partial charge in [-0.15, -0.1) is 4.31 Å². The average molecular weight is 323 g/mol. The number of carbonyl (C=O) groups excluding carboxylic acids is 1. The Labute approximate surface area is 131 Å². The number of benzene rings is 2. The molecule has 0 aliphatic carbocycles. The van der Waals surface area contributed by atoms with Crippen molar-refractivity contribution in [2.75, 3.05) is 4.31 Å². The third kappa shape index (κ3) is 3.69. The van der Waals surface area contributed by atoms with Gasteiger partial charge in [0.1, 0.15) is 11.4 Å². The number of rotatable bonds is 3. The molecule has 1 unspecified atom stereocenters. The number of halogens is 1. The highest BCUT2D eigenvalue weighted by molar-refractivity contribution is 7.93. The SMILES string of the molecule is Cc1cc(C)cc([S+]([O-])N(C(N)=O)c2ccc(Cl)cc2)c1. The van der Waals surface area contributed by atoms with E-state index >= 15 is 0 Å². The highest BCUT2D eigenvalue weighted by Crippen LogP contribution is 2.26. The van der Waals surface area contributed by atoms with Gasteiger partial charge in [0.25, 0.3) is 0 Å². The Morgan fingerprint density at radius 2 is 1.67 bits per heavy atom. The van der Waals surface area contributed by atoms with Crippen LogP contribution < -0.4 is 10.0 Å². The third-order valence-electron chi connectivity index (χ3n) is 2.82. The fourth-order valence-corrected chi connectivity index (χ4v) is 3.41. The second kappa shape index (κ2) is 6.39. The monoisotopic (exact) mass is 322 g/mol. The van der Waals surface area contributed by atoms with E-state index in [9.17, 15) is 9.35 Å². The smallest absolute Gasteiger partial charge is 0.361 e. The molecular formula is C15H15ClN2O2S. The topological polar surface area (TPSA) is 69.4 Å². The van der Waals surface area contributed by atoms with Gasteiger partial charge in [0, 0.05) is 5.02 Å². The molecule has 2 rings (SSSR count). The molecule has 110 valence electrons. The van der Waals surface area contributed by atoms with E-state index in [4.69, 9.17) is 17.3 Å². The minimum Gasteiger partial charge on any atom is -0.587 e. The molecule has 0 saturated carbocycles. The van der Waals surface area contributed by atoms with E-state index in [0.29, 0.717) is 15.6 Å². The highest BCUT2D eigenvalue weighted by atomic mass is 35.5. The van der Waals surface area contributed by atoms with Gasteiger partial charge in [0.2, 0.25) is 0 Å². The summed E-state index contributed by atoms with van der Waals surface area (Å²) in [5.41, 5.74) is 7.76. The summed E-state index contributed by atoms with van der Waals surface area (Å²) in [4.78, 5) is 12.2. The van der Waals surface area contributed by atoms with E-state index < -0.39 is 17.4 Å². The number of aryl methyl sites for hydroxylation is 2. The van der Waals surface area contributed by atoms with Gasteiger partial charge in [-0.1, -0.05) is 17.7 Å². The van der Waals surface area contributed by atoms with E-state index in [-0.39, 0.29) is 0 Å². The molecule has 2 N–H and O–H groups in total. The van der Waals surface area contributed by atoms with Crippen LogP contribution in [0.5, 0.6) is 0 Å². The summed E-state index contributed by atoms with van der Waals surface area (Å²) in [6, 6.07) is 11.2. The number of hydrogen-bond donors (Lipinski definition) is 1. The molecule has 2 aromatic carbocycles. The number of amides is 2. The first-order valence-electron chi connectivity index (χ1n) is 6.24. The lowest BCUT2D eigenvalue weighted by molar-refractivity contribution is 0.257. The zero-order valence-electron chi connectivity index (χ0n) is 11.7. The number of nitrogens with zero attached hydrogens (tertiary/aromatic N) is 1. The predicted octanol–water partition coefficient (Wildman–Crippen LogP) is 3.56. The molecule has 0 aliphatic rings. The average Bonchev–Trinajstić information content (AvgIpc) is 2.39. The van der Waals surface area contributed by atoms with Crippen molar-refractivity contribution < 1.29 is 9.35 Å². The van der Waals surface area contributed by atoms with Gasteiger partial charge >= 0.3 is 6.03 Å². The van der Waals surface area contributed by atoms with E-state index in [0.717, 1.165) is 15.4 Å². The Balaban J connectivity index is 2.42. The van der Waals surface area contributed by atoms with Crippen molar-refractivity contribution in [3.8, 4) is 0 Å². The lowest BCUT2D eigenvalue weighted by atomic mass is 10.2. The molecule has 0 bridgehead atoms. The molecule has 0 heterocycles. The second-order valence-corrected chi connectivity index (χ2v) is 6.45. The van der Waals surface area contributed by atoms with Crippen LogP contribution in [-0.4, -0.2) is 10.6 Å². The van der Waals surface area contributed by atoms with Crippen molar-refractivity contribution in [2.24, 2.45) is 5.73 Å². The summed E-state index contributed by atoms with van der Waals surface area (Å²) in [6.45, 7) is 3.81. The lowest BCUT2D eigenvalue weighted by Crippen LogP contribution is -2.40. The minimum absolute atomic E-state index is 0.435. The molecule has 2 amide bonds. The van der Waals surface area contributed by atoms with Crippen LogP contribution in [0.3, 0.4) is 0 Å². The first kappa shape index (κ1) is 15.7. The summed E-state index contributed by atoms with van der Waals surface area (Å²) in [7, 11) is 0. The van der Waals surface area contributed by atoms with Crippen LogP contribution in [0.2, 0.25) is 5.02 Å². The van der Waals surface area contributed by atoms with Gasteiger partial charge in [-0.25, -0.2) is 4.79 Å². The molecule has 0 spiro atoms. The van der Waals surface area contributed by atoms with Crippen molar-refractivity contribution in [2.45, 2.75) is 18.7 Å². The molecule has 0 aromatic heterocycles. The molecule has 0 aliphatic heterocycles. The summed E-state index contributed by atoms with van der Waals surface area (Å²) >= 11 is 4.11. The summed E-state index contributed by atoms with van der Waals surface area (Å²) < 4.78 is 13.7. The Bertz CT molecular complexity index is 641. The predicted molar refractivity (Wildman–Crippen MR) is 85.8 cm³/mol. The zero-order chi connectivity index (χ0) is 15.6. The Kier molecular flexibility index (Phi) is 4.77. The van der Waals surface area contributed by atoms with Crippen molar-refractivity contribution in [3.05, 3.63) is 58.6 Å². The normalized spacial score (nSPS) is 12.0. The fourth-order valence-electron chi connectivity index (χ4n) is 2.02. The molecule has 4 nitrogen and oxygen atoms in total. The summed E-state index contributed by atoms with van der Waals surface area (Å²) in [5, 5.41) is 0.528. The zero-order valence-corrected chi connectivity index (χ0v) is 13.2. The van der Waals surface area contributed by atoms with E-state index in [1.165, 1.54) is 0 Å². The largest absolute Gasteiger partial charge is 0.587 e. The molecule has 2 aromatic rings. The Morgan fingerprint density at radius 3 is 2.14 bits per heavy atom. The molecule has 1 atom stereocenters. The van der Waals surface area contributed by atoms with Gasteiger partial charge in [0.15, 0.2) is 4.90 Å². The van der Waals surface area contributed by atoms with E-state index in [2.05, 4.69) is 0 Å². The van der Waals surface area contributed by atoms with Crippen molar-refractivity contribution in [1.29, 1.82) is 0 Å². The maximum absolute atomic E-state index is 12.7. The van der Waals surface area contributed by atoms with Crippen LogP contribution in [0.4, 0.5) is 10.5 Å². The lowest BCUT2D eigenvalue weighted by Gasteiger charge is -2.22. The fraction of sp³-hybridized carbons (Fsp3) is 0.133. The van der Waals surface area contributed by atoms with Gasteiger partial charge < -0.3 is 10.3 Å². The molecule has 0 saturated heterocycles. The number of primary amides is 1. The van der Waals surface area contributed by atoms with Gasteiger partial charge in [0.05, 0.1) is 5.69 Å². The second-order valence-electron chi connectivity index (χ2n) is 4.68. The molecular weight excluding hydrogens is 308 g/mol. The van der Waals surface area contributed by atoms with Crippen LogP contribution in [0.25, 0.3) is 0 Å². The van der Waals surface area contributed by atoms with Gasteiger partial charge in [-0.05, 0) is 61.4 Å². The van der Waals surface area contributed by atoms with Crippen LogP contribution in [0, 0.1) is 13.8 Å². The Hall–Kier alpha value is -1.69. The minimum atomic E-state index is -1.71. The van der Waals surface area contributed by atoms with E-state index in [1.807, 2.05) is 19.9 Å². The summed E-state index contributed by atoms with van der Waals surface area (Å²) in [5.74, 6) is 0. The number of anilines is 1. The number of urea groups is 1. The number of hydrogen-bond acceptors (Lipinski definition) is 2. The van der Waals surface area contributed by atoms with Gasteiger partial charge in [-0.2, -0.15) is 0 Å². The first-order chi connectivity index (χ1) is 9.88. The quantitative estimate of drug-likeness (QED) is 0.878. The van der Waals surface area contributed by atoms with Crippen LogP contribution >= 0.6 is 11.6 Å². The number of carbonyl (C=O) groups is 1. The Morgan fingerprint density at radius 1 is 1.14 bits per heavy atom. The van der Waals surface area contributed by atoms with Crippen LogP contribution in [-0.2, 0) is 11.4 Å². The van der Waals surface area contributed by atoms with E-state index in [1.54, 1.807) is 36.4 Å². The van der Waals surface area contributed by atoms with Crippen molar-refractivity contribution >= 4 is 34.7 Å². The number of nitrogens with two attached hydrogens (primary N) is 1. The van der Waals surface area contributed by atoms with Crippen molar-refractivity contribution in [1.82, 2.24) is 0 Å². The van der Waals surface area contributed by atoms with Crippen molar-refractivity contribution in [3.63, 3.8) is 0 Å². The molecule has 21 heavy (non-hydrogen) atoms. The van der Waals surface area contributed by atoms with Gasteiger partial charge in [-0.3, -0.25) is 0 Å². The highest BCUT2D eigenvalue weighted by Gasteiger charge is 2.28. The maximum atomic E-state index is 12.7. The van der Waals surface area contributed by atoms with Crippen LogP contribution in [0.15, 0.2) is 47.4 Å². The van der Waals surface area contributed by atoms with Crippen LogP contribution in [0.1, 0.15) is 11.1 Å². The maximum Gasteiger partial charge on any atom is 0.361 e. The first-order valence-corrected chi connectivity index (χ1v) is 7.72.